The van der Waals surface area contributed by atoms with Crippen LogP contribution < -0.4 is 11.2 Å². The van der Waals surface area contributed by atoms with Gasteiger partial charge in [0, 0.05) is 24.9 Å². The van der Waals surface area contributed by atoms with Crippen molar-refractivity contribution in [1.29, 1.82) is 0 Å². The summed E-state index contributed by atoms with van der Waals surface area (Å²) in [6, 6.07) is 10.5. The van der Waals surface area contributed by atoms with Gasteiger partial charge in [-0.1, -0.05) is 30.3 Å². The highest BCUT2D eigenvalue weighted by molar-refractivity contribution is 7.60. The molecule has 0 spiro atoms. The van der Waals surface area contributed by atoms with Gasteiger partial charge in [-0.25, -0.2) is 18.9 Å². The van der Waals surface area contributed by atoms with Gasteiger partial charge < -0.3 is 29.6 Å². The molecule has 5 N–H and O–H groups in total. The highest BCUT2D eigenvalue weighted by atomic mass is 32.1. The van der Waals surface area contributed by atoms with E-state index in [0.717, 1.165) is 31.8 Å². The Kier molecular flexibility index (Phi) is 8.62. The van der Waals surface area contributed by atoms with Crippen LogP contribution in [0.2, 0.25) is 0 Å². The van der Waals surface area contributed by atoms with Gasteiger partial charge in [0.15, 0.2) is 6.23 Å². The third-order valence-electron chi connectivity index (χ3n) is 5.44. The minimum absolute atomic E-state index is 0.165. The van der Waals surface area contributed by atoms with Crippen molar-refractivity contribution in [3.05, 3.63) is 74.6 Å². The van der Waals surface area contributed by atoms with Crippen LogP contribution in [-0.4, -0.2) is 63.9 Å². The van der Waals surface area contributed by atoms with E-state index in [4.69, 9.17) is 14.5 Å². The third kappa shape index (κ3) is 7.00. The van der Waals surface area contributed by atoms with Crippen LogP contribution in [0, 0.1) is 0 Å². The molecule has 1 aliphatic rings. The minimum Gasteiger partial charge on any atom is -0.390 e. The number of hydrogen-bond donors (Lipinski definition) is 5. The van der Waals surface area contributed by atoms with E-state index >= 15 is 0 Å². The van der Waals surface area contributed by atoms with Crippen molar-refractivity contribution in [2.75, 3.05) is 6.61 Å². The van der Waals surface area contributed by atoms with Gasteiger partial charge in [-0.05, 0) is 5.56 Å². The van der Waals surface area contributed by atoms with Crippen LogP contribution in [-0.2, 0) is 29.2 Å². The summed E-state index contributed by atoms with van der Waals surface area (Å²) in [4.78, 5) is 57.7. The second-order valence-corrected chi connectivity index (χ2v) is 12.1. The molecule has 0 radical (unpaired) electrons. The molecular formula is C20H23N3O12P2S. The molecule has 3 aromatic rings. The summed E-state index contributed by atoms with van der Waals surface area (Å²) >= 11 is 1.29. The van der Waals surface area contributed by atoms with E-state index in [2.05, 4.69) is 13.8 Å². The number of ether oxygens (including phenoxy) is 1. The van der Waals surface area contributed by atoms with Gasteiger partial charge in [0.2, 0.25) is 0 Å². The van der Waals surface area contributed by atoms with E-state index in [1.54, 1.807) is 6.20 Å². The van der Waals surface area contributed by atoms with Crippen LogP contribution in [0.3, 0.4) is 0 Å². The lowest BCUT2D eigenvalue weighted by molar-refractivity contribution is -0.206. The van der Waals surface area contributed by atoms with Crippen molar-refractivity contribution in [2.24, 2.45) is 0 Å². The summed E-state index contributed by atoms with van der Waals surface area (Å²) in [5.74, 6) is 0. The number of aliphatic hydroxyl groups is 2. The summed E-state index contributed by atoms with van der Waals surface area (Å²) in [7, 11) is -10.6. The lowest BCUT2D eigenvalue weighted by atomic mass is 10.0. The van der Waals surface area contributed by atoms with Crippen molar-refractivity contribution in [1.82, 2.24) is 14.1 Å². The van der Waals surface area contributed by atoms with Gasteiger partial charge in [0.25, 0.3) is 5.56 Å². The molecule has 1 saturated heterocycles. The van der Waals surface area contributed by atoms with Crippen LogP contribution in [0.4, 0.5) is 0 Å². The first kappa shape index (κ1) is 28.7. The Bertz CT molecular complexity index is 1490. The molecule has 2 aromatic heterocycles. The van der Waals surface area contributed by atoms with Crippen molar-refractivity contribution in [2.45, 2.75) is 37.5 Å². The van der Waals surface area contributed by atoms with Gasteiger partial charge in [0.05, 0.1) is 24.1 Å². The number of rotatable bonds is 9. The third-order valence-corrected chi connectivity index (χ3v) is 8.62. The van der Waals surface area contributed by atoms with Crippen LogP contribution in [0.1, 0.15) is 17.7 Å². The van der Waals surface area contributed by atoms with Gasteiger partial charge in [-0.3, -0.25) is 18.5 Å². The van der Waals surface area contributed by atoms with Crippen molar-refractivity contribution in [3.63, 3.8) is 0 Å². The van der Waals surface area contributed by atoms with Crippen molar-refractivity contribution < 1.29 is 47.6 Å². The molecule has 0 aliphatic carbocycles. The molecule has 38 heavy (non-hydrogen) atoms. The zero-order valence-corrected chi connectivity index (χ0v) is 21.9. The Morgan fingerprint density at radius 1 is 1.08 bits per heavy atom. The maximum atomic E-state index is 13.2. The van der Waals surface area contributed by atoms with Gasteiger partial charge in [-0.2, -0.15) is 4.31 Å². The topological polar surface area (TPSA) is 220 Å². The lowest BCUT2D eigenvalue weighted by Crippen LogP contribution is -2.51. The van der Waals surface area contributed by atoms with Gasteiger partial charge >= 0.3 is 21.3 Å². The second kappa shape index (κ2) is 11.4. The standard InChI is InChI=1S/C20H23N3O12P2S/c24-13-8-14(25)19(34-15(13)11-33-37(31,32)35-36(28,29)30)22-7-6-18(26)23(20(22)27)10-17-21-9-16(38-17)12-4-2-1-3-5-12/h1-7,9,13-15,19,24-25H,8,10-11H2,(H,31,32)(H2,28,29,30)/t13-,14?,15-,19-/m1/s1. The molecular weight excluding hydrogens is 568 g/mol. The summed E-state index contributed by atoms with van der Waals surface area (Å²) in [5, 5.41) is 21.2. The smallest absolute Gasteiger partial charge is 0.390 e. The molecule has 0 bridgehead atoms. The van der Waals surface area contributed by atoms with E-state index in [1.165, 1.54) is 11.3 Å². The largest absolute Gasteiger partial charge is 0.481 e. The fourth-order valence-corrected chi connectivity index (χ4v) is 6.24. The maximum absolute atomic E-state index is 13.2. The highest BCUT2D eigenvalue weighted by Crippen LogP contribution is 2.57. The summed E-state index contributed by atoms with van der Waals surface area (Å²) in [6.07, 6.45) is -3.36. The number of aliphatic hydroxyl groups excluding tert-OH is 2. The van der Waals surface area contributed by atoms with E-state index in [1.807, 2.05) is 30.3 Å². The van der Waals surface area contributed by atoms with Gasteiger partial charge in [-0.15, -0.1) is 11.3 Å². The molecule has 5 atom stereocenters. The molecule has 15 nitrogen and oxygen atoms in total. The number of phosphoric ester groups is 1. The van der Waals surface area contributed by atoms with Crippen LogP contribution in [0.25, 0.3) is 10.4 Å². The summed E-state index contributed by atoms with van der Waals surface area (Å²) in [5.41, 5.74) is -0.575. The Labute approximate surface area is 218 Å². The first-order chi connectivity index (χ1) is 17.8. The number of thiazole rings is 1. The van der Waals surface area contributed by atoms with E-state index in [9.17, 15) is 33.8 Å². The van der Waals surface area contributed by atoms with Crippen LogP contribution >= 0.6 is 27.0 Å². The molecule has 18 heteroatoms. The Morgan fingerprint density at radius 3 is 2.47 bits per heavy atom. The molecule has 1 fully saturated rings. The minimum atomic E-state index is -5.37. The second-order valence-electron chi connectivity index (χ2n) is 8.19. The van der Waals surface area contributed by atoms with Gasteiger partial charge in [0.1, 0.15) is 17.2 Å². The summed E-state index contributed by atoms with van der Waals surface area (Å²) in [6.45, 7) is -1.05. The van der Waals surface area contributed by atoms with E-state index in [0.29, 0.717) is 5.01 Å². The Hall–Kier alpha value is -2.33. The first-order valence-corrected chi connectivity index (χ1v) is 14.7. The molecule has 3 heterocycles. The predicted octanol–water partition coefficient (Wildman–Crippen LogP) is 0.417. The monoisotopic (exact) mass is 591 g/mol. The molecule has 206 valence electrons. The average Bonchev–Trinajstić information content (AvgIpc) is 3.30. The number of benzene rings is 1. The predicted molar refractivity (Wildman–Crippen MR) is 131 cm³/mol. The average molecular weight is 591 g/mol. The van der Waals surface area contributed by atoms with Crippen LogP contribution in [0.5, 0.6) is 0 Å². The Balaban J connectivity index is 1.54. The van der Waals surface area contributed by atoms with Crippen LogP contribution in [0.15, 0.2) is 58.4 Å². The highest BCUT2D eigenvalue weighted by Gasteiger charge is 2.40. The molecule has 1 aliphatic heterocycles. The maximum Gasteiger partial charge on any atom is 0.481 e. The molecule has 0 saturated carbocycles. The normalized spacial score (nSPS) is 23.7. The zero-order chi connectivity index (χ0) is 27.7. The van der Waals surface area contributed by atoms with Crippen molar-refractivity contribution >= 4 is 27.0 Å². The van der Waals surface area contributed by atoms with E-state index < -0.39 is 58.0 Å². The molecule has 2 unspecified atom stereocenters. The molecule has 4 rings (SSSR count). The fraction of sp³-hybridized carbons (Fsp3) is 0.350. The zero-order valence-electron chi connectivity index (χ0n) is 19.3. The fourth-order valence-electron chi connectivity index (χ4n) is 3.73. The Morgan fingerprint density at radius 2 is 1.79 bits per heavy atom. The lowest BCUT2D eigenvalue weighted by Gasteiger charge is -2.37. The summed E-state index contributed by atoms with van der Waals surface area (Å²) < 4.78 is 38.1. The molecule has 0 amide bonds. The quantitative estimate of drug-likeness (QED) is 0.213. The van der Waals surface area contributed by atoms with E-state index in [-0.39, 0.29) is 13.0 Å². The SMILES string of the molecule is O=c1ccn([C@@H]2O[C@H](COP(=O)(O)OP(=O)(O)O)[C@H](O)CC2O)c(=O)n1Cc1ncc(-c2ccccc2)s1. The number of aromatic nitrogens is 3. The first-order valence-electron chi connectivity index (χ1n) is 10.9. The number of hydrogen-bond acceptors (Lipinski definition) is 11. The number of phosphoric acid groups is 2. The van der Waals surface area contributed by atoms with Crippen molar-refractivity contribution in [3.8, 4) is 10.4 Å². The molecule has 1 aromatic carbocycles. The number of nitrogens with zero attached hydrogens (tertiary/aromatic N) is 3.